The summed E-state index contributed by atoms with van der Waals surface area (Å²) in [5.41, 5.74) is 1.66. The van der Waals surface area contributed by atoms with Crippen molar-refractivity contribution in [2.24, 2.45) is 17.3 Å². The monoisotopic (exact) mass is 892 g/mol. The second-order valence-electron chi connectivity index (χ2n) is 19.9. The quantitative estimate of drug-likeness (QED) is 0.168. The van der Waals surface area contributed by atoms with E-state index in [4.69, 9.17) is 19.4 Å². The average Bonchev–Trinajstić information content (AvgIpc) is 3.49. The molecule has 0 bridgehead atoms. The third-order valence-electron chi connectivity index (χ3n) is 12.9. The van der Waals surface area contributed by atoms with Crippen molar-refractivity contribution >= 4 is 56.1 Å². The van der Waals surface area contributed by atoms with Gasteiger partial charge in [0.05, 0.1) is 35.6 Å². The van der Waals surface area contributed by atoms with Crippen molar-refractivity contribution in [3.05, 3.63) is 40.9 Å². The number of para-hydroxylation sites is 1. The van der Waals surface area contributed by atoms with Crippen LogP contribution < -0.4 is 9.46 Å². The topological polar surface area (TPSA) is 170 Å². The predicted molar refractivity (Wildman–Crippen MR) is 239 cm³/mol. The number of nitrogens with one attached hydrogen (secondary N) is 1. The molecule has 2 amide bonds. The average molecular weight is 893 g/mol. The summed E-state index contributed by atoms with van der Waals surface area (Å²) in [4.78, 5) is 69.9. The Labute approximate surface area is 370 Å². The molecule has 16 heteroatoms. The van der Waals surface area contributed by atoms with Gasteiger partial charge in [-0.1, -0.05) is 44.9 Å². The van der Waals surface area contributed by atoms with Crippen molar-refractivity contribution < 1.29 is 37.1 Å². The highest BCUT2D eigenvalue weighted by Gasteiger charge is 2.61. The minimum atomic E-state index is -4.14. The first kappa shape index (κ1) is 45.9. The molecule has 5 atom stereocenters. The number of carbonyl (C=O) groups excluding carboxylic acids is 4. The Morgan fingerprint density at radius 1 is 1.08 bits per heavy atom. The molecule has 62 heavy (non-hydrogen) atoms. The summed E-state index contributed by atoms with van der Waals surface area (Å²) in [5, 5.41) is 0.916. The second kappa shape index (κ2) is 17.4. The number of benzene rings is 1. The third-order valence-corrected chi connectivity index (χ3v) is 15.5. The number of ketones is 1. The van der Waals surface area contributed by atoms with Gasteiger partial charge in [-0.15, -0.1) is 11.3 Å². The van der Waals surface area contributed by atoms with E-state index in [0.29, 0.717) is 25.3 Å². The summed E-state index contributed by atoms with van der Waals surface area (Å²) >= 11 is 1.72. The lowest BCUT2D eigenvalue weighted by atomic mass is 9.79. The van der Waals surface area contributed by atoms with Gasteiger partial charge in [0, 0.05) is 54.8 Å². The van der Waals surface area contributed by atoms with Crippen molar-refractivity contribution in [1.29, 1.82) is 0 Å². The van der Waals surface area contributed by atoms with Crippen LogP contribution in [0.25, 0.3) is 21.6 Å². The van der Waals surface area contributed by atoms with Crippen LogP contribution in [0.5, 0.6) is 6.01 Å². The molecule has 1 aromatic carbocycles. The van der Waals surface area contributed by atoms with Gasteiger partial charge in [0.2, 0.25) is 11.8 Å². The minimum absolute atomic E-state index is 0.00651. The highest BCUT2D eigenvalue weighted by Crippen LogP contribution is 2.57. The van der Waals surface area contributed by atoms with Crippen LogP contribution in [-0.2, 0) is 46.0 Å². The Morgan fingerprint density at radius 2 is 1.84 bits per heavy atom. The summed E-state index contributed by atoms with van der Waals surface area (Å²) in [6, 6.07) is 5.39. The Balaban J connectivity index is 1.24. The number of rotatable bonds is 9. The van der Waals surface area contributed by atoms with E-state index in [1.54, 1.807) is 32.1 Å². The Morgan fingerprint density at radius 3 is 2.53 bits per heavy atom. The maximum absolute atomic E-state index is 14.8. The third kappa shape index (κ3) is 9.52. The Hall–Kier alpha value is -4.15. The van der Waals surface area contributed by atoms with Gasteiger partial charge in [-0.05, 0) is 97.6 Å². The normalized spacial score (nSPS) is 26.3. The van der Waals surface area contributed by atoms with E-state index in [9.17, 15) is 27.6 Å². The zero-order valence-corrected chi connectivity index (χ0v) is 39.4. The number of aryl methyl sites for hydroxylation is 1. The van der Waals surface area contributed by atoms with Crippen LogP contribution in [0.3, 0.4) is 0 Å². The van der Waals surface area contributed by atoms with Crippen LogP contribution in [0, 0.1) is 17.3 Å². The van der Waals surface area contributed by atoms with Gasteiger partial charge in [0.1, 0.15) is 22.2 Å². The second-order valence-corrected chi connectivity index (χ2v) is 22.9. The lowest BCUT2D eigenvalue weighted by molar-refractivity contribution is -0.159. The van der Waals surface area contributed by atoms with E-state index >= 15 is 0 Å². The molecule has 0 spiro atoms. The van der Waals surface area contributed by atoms with Crippen LogP contribution in [0.4, 0.5) is 0 Å². The molecule has 2 aromatic heterocycles. The molecule has 2 aliphatic heterocycles. The maximum Gasteiger partial charge on any atom is 0.307 e. The van der Waals surface area contributed by atoms with Gasteiger partial charge in [-0.2, -0.15) is 17.7 Å². The molecule has 1 N–H and O–H groups in total. The number of Topliss-reactive ketones (excluding diaryl/α,β-unsaturated/α-hetero) is 1. The number of esters is 1. The lowest BCUT2D eigenvalue weighted by Crippen LogP contribution is -2.47. The van der Waals surface area contributed by atoms with Crippen LogP contribution >= 0.6 is 11.3 Å². The van der Waals surface area contributed by atoms with Gasteiger partial charge in [0.25, 0.3) is 6.01 Å². The fourth-order valence-electron chi connectivity index (χ4n) is 9.50. The van der Waals surface area contributed by atoms with Gasteiger partial charge >= 0.3 is 16.2 Å². The molecule has 1 saturated carbocycles. The zero-order valence-electron chi connectivity index (χ0n) is 37.8. The molecule has 2 fully saturated rings. The fraction of sp³-hybridized carbons (Fsp3) is 0.652. The van der Waals surface area contributed by atoms with E-state index in [-0.39, 0.29) is 54.9 Å². The molecule has 14 nitrogen and oxygen atoms in total. The smallest absolute Gasteiger partial charge is 0.307 e. The number of nitrogens with zero attached hydrogens (tertiary/aromatic N) is 5. The Bertz CT molecular complexity index is 2360. The molecule has 7 rings (SSSR count). The first-order chi connectivity index (χ1) is 29.1. The van der Waals surface area contributed by atoms with Crippen LogP contribution in [0.15, 0.2) is 30.4 Å². The number of allylic oxidation sites excluding steroid dienone is 2. The van der Waals surface area contributed by atoms with Crippen LogP contribution in [0.2, 0.25) is 0 Å². The van der Waals surface area contributed by atoms with Crippen molar-refractivity contribution in [2.75, 3.05) is 20.6 Å². The van der Waals surface area contributed by atoms with E-state index in [0.717, 1.165) is 70.1 Å². The molecular formula is C46H64N6O8S2. The molecule has 0 radical (unpaired) electrons. The van der Waals surface area contributed by atoms with Crippen molar-refractivity contribution in [1.82, 2.24) is 28.5 Å². The number of imidazole rings is 1. The fourth-order valence-corrected chi connectivity index (χ4v) is 11.4. The van der Waals surface area contributed by atoms with E-state index in [1.807, 2.05) is 34.9 Å². The highest BCUT2D eigenvalue weighted by atomic mass is 32.2. The molecule has 4 aliphatic rings. The molecule has 3 aromatic rings. The van der Waals surface area contributed by atoms with Crippen molar-refractivity contribution in [3.8, 4) is 16.6 Å². The number of thiazole rings is 1. The first-order valence-corrected chi connectivity index (χ1v) is 24.5. The predicted octanol–water partition coefficient (Wildman–Crippen LogP) is 7.46. The molecule has 2 aliphatic carbocycles. The summed E-state index contributed by atoms with van der Waals surface area (Å²) < 4.78 is 43.4. The number of fused-ring (bicyclic) bond motifs is 4. The van der Waals surface area contributed by atoms with Gasteiger partial charge < -0.3 is 14.4 Å². The van der Waals surface area contributed by atoms with E-state index < -0.39 is 51.2 Å². The van der Waals surface area contributed by atoms with Gasteiger partial charge in [-0.3, -0.25) is 23.7 Å². The molecule has 1 saturated heterocycles. The summed E-state index contributed by atoms with van der Waals surface area (Å²) in [5.74, 6) is -3.02. The van der Waals surface area contributed by atoms with Gasteiger partial charge in [-0.25, -0.2) is 9.71 Å². The summed E-state index contributed by atoms with van der Waals surface area (Å²) in [6.45, 7) is 14.0. The molecule has 4 heterocycles. The largest absolute Gasteiger partial charge is 0.460 e. The van der Waals surface area contributed by atoms with Crippen molar-refractivity contribution in [2.45, 2.75) is 155 Å². The summed E-state index contributed by atoms with van der Waals surface area (Å²) in [7, 11) is -1.48. The number of ether oxygens (including phenoxy) is 2. The lowest BCUT2D eigenvalue weighted by Gasteiger charge is -2.29. The maximum atomic E-state index is 14.8. The number of amides is 2. The van der Waals surface area contributed by atoms with Crippen LogP contribution in [0.1, 0.15) is 136 Å². The highest BCUT2D eigenvalue weighted by molar-refractivity contribution is 7.87. The molecule has 0 unspecified atom stereocenters. The van der Waals surface area contributed by atoms with Crippen molar-refractivity contribution in [3.63, 3.8) is 0 Å². The number of aromatic nitrogens is 3. The van der Waals surface area contributed by atoms with Gasteiger partial charge in [0.15, 0.2) is 5.78 Å². The summed E-state index contributed by atoms with van der Waals surface area (Å²) in [6.07, 6.45) is 9.99. The minimum Gasteiger partial charge on any atom is -0.460 e. The zero-order chi connectivity index (χ0) is 44.9. The number of hydrogen-bond donors (Lipinski definition) is 1. The molecular weight excluding hydrogens is 829 g/mol. The Kier molecular flexibility index (Phi) is 12.9. The standard InChI is InChI=1S/C46H64N6O8S2/c1-28(2)52-33-20-15-19-32(40-48-39-36(61-40)21-16-22-45(39,6)7)38(33)47-43(52)59-31-24-34-35(53)26-46(42(56)49-62(57,58)50(8)9)25-30(46)18-14-12-10-11-13-17-29(41(55)51(34)27-31)23-37(54)60-44(3,4)5/h14-15,18-20,28-31,34H,10-13,16-17,21-27H2,1-9H3,(H,49,56)/b18-14-/t29-,30-,31-,34+,46-/m1/s1. The first-order valence-electron chi connectivity index (χ1n) is 22.2. The number of hydrogen-bond acceptors (Lipinski definition) is 11. The SMILES string of the molecule is CC(C)n1c(O[C@@H]2C[C@H]3C(=O)C[C@]4(C(=O)NS(=O)(=O)N(C)C)C[C@H]4/C=C\CCCCC[C@H](CC(=O)OC(C)(C)C)C(=O)N3C2)nc2c(-c3nc4c(s3)CCCC4(C)C)cccc21. The molecule has 338 valence electrons. The number of carbonyl (C=O) groups is 4. The van der Waals surface area contributed by atoms with E-state index in [1.165, 1.54) is 23.9 Å². The van der Waals surface area contributed by atoms with E-state index in [2.05, 4.69) is 32.4 Å². The van der Waals surface area contributed by atoms with Crippen LogP contribution in [-0.4, -0.2) is 94.1 Å².